The number of esters is 1. The normalized spacial score (nSPS) is 36.9. The second-order valence-corrected chi connectivity index (χ2v) is 10.6. The van der Waals surface area contributed by atoms with Gasteiger partial charge in [-0.05, 0) is 67.7 Å². The number of piperazine rings is 1. The predicted molar refractivity (Wildman–Crippen MR) is 121 cm³/mol. The Hall–Kier alpha value is -1.52. The maximum Gasteiger partial charge on any atom is 0.310 e. The fraction of sp³-hybridized carbons (Fsp3) is 0.640. The molecular weight excluding hydrogens is 396 g/mol. The lowest BCUT2D eigenvalue weighted by Gasteiger charge is -2.50. The van der Waals surface area contributed by atoms with Crippen molar-refractivity contribution in [2.45, 2.75) is 45.1 Å². The lowest BCUT2D eigenvalue weighted by molar-refractivity contribution is -0.146. The minimum Gasteiger partial charge on any atom is -0.462 e. The zero-order chi connectivity index (χ0) is 20.9. The molecule has 0 amide bonds. The van der Waals surface area contributed by atoms with E-state index in [0.717, 1.165) is 57.0 Å². The SMILES string of the molecule is C=C1CCC[C@]2(C)C[C@H]3OC(=O)[C@H](CN4CCN(c5ccc(Cl)cc5)CC4)[C@@H]3C[C@@H]12. The number of ether oxygens (including phenoxy) is 1. The van der Waals surface area contributed by atoms with Crippen molar-refractivity contribution in [2.24, 2.45) is 23.2 Å². The molecule has 2 saturated carbocycles. The first-order chi connectivity index (χ1) is 14.4. The Kier molecular flexibility index (Phi) is 5.35. The Labute approximate surface area is 185 Å². The molecule has 1 aromatic carbocycles. The molecule has 0 spiro atoms. The molecule has 4 aliphatic rings. The third-order valence-corrected chi connectivity index (χ3v) is 8.59. The highest BCUT2D eigenvalue weighted by Gasteiger charge is 2.55. The molecule has 0 aromatic heterocycles. The summed E-state index contributed by atoms with van der Waals surface area (Å²) in [7, 11) is 0. The van der Waals surface area contributed by atoms with E-state index in [1.54, 1.807) is 0 Å². The zero-order valence-corrected chi connectivity index (χ0v) is 18.7. The number of anilines is 1. The molecule has 4 nitrogen and oxygen atoms in total. The van der Waals surface area contributed by atoms with Crippen molar-refractivity contribution in [1.82, 2.24) is 4.90 Å². The van der Waals surface area contributed by atoms with Gasteiger partial charge in [-0.3, -0.25) is 9.69 Å². The minimum atomic E-state index is 0.0244. The predicted octanol–water partition coefficient (Wildman–Crippen LogP) is 4.78. The number of fused-ring (bicyclic) bond motifs is 2. The number of allylic oxidation sites excluding steroid dienone is 1. The molecule has 1 aromatic rings. The van der Waals surface area contributed by atoms with Gasteiger partial charge in [0.25, 0.3) is 0 Å². The first-order valence-corrected chi connectivity index (χ1v) is 11.9. The molecule has 162 valence electrons. The number of hydrogen-bond donors (Lipinski definition) is 0. The molecule has 0 N–H and O–H groups in total. The number of nitrogens with zero attached hydrogens (tertiary/aromatic N) is 2. The van der Waals surface area contributed by atoms with Crippen molar-refractivity contribution in [3.05, 3.63) is 41.4 Å². The van der Waals surface area contributed by atoms with Gasteiger partial charge in [0.1, 0.15) is 6.10 Å². The van der Waals surface area contributed by atoms with E-state index < -0.39 is 0 Å². The van der Waals surface area contributed by atoms with Gasteiger partial charge in [0.05, 0.1) is 5.92 Å². The van der Waals surface area contributed by atoms with E-state index in [1.807, 2.05) is 12.1 Å². The van der Waals surface area contributed by atoms with E-state index in [-0.39, 0.29) is 23.4 Å². The fourth-order valence-electron chi connectivity index (χ4n) is 6.58. The molecule has 5 atom stereocenters. The number of carbonyl (C=O) groups excluding carboxylic acids is 1. The average Bonchev–Trinajstić information content (AvgIpc) is 3.01. The Morgan fingerprint density at radius 3 is 2.67 bits per heavy atom. The summed E-state index contributed by atoms with van der Waals surface area (Å²) in [6.07, 6.45) is 5.86. The van der Waals surface area contributed by atoms with Gasteiger partial charge >= 0.3 is 5.97 Å². The smallest absolute Gasteiger partial charge is 0.310 e. The van der Waals surface area contributed by atoms with Crippen LogP contribution in [0, 0.1) is 23.2 Å². The van der Waals surface area contributed by atoms with Crippen LogP contribution >= 0.6 is 11.6 Å². The van der Waals surface area contributed by atoms with Crippen molar-refractivity contribution in [3.63, 3.8) is 0 Å². The van der Waals surface area contributed by atoms with E-state index in [2.05, 4.69) is 35.4 Å². The molecule has 0 radical (unpaired) electrons. The summed E-state index contributed by atoms with van der Waals surface area (Å²) >= 11 is 6.02. The van der Waals surface area contributed by atoms with Crippen molar-refractivity contribution in [1.29, 1.82) is 0 Å². The summed E-state index contributed by atoms with van der Waals surface area (Å²) in [4.78, 5) is 17.7. The maximum absolute atomic E-state index is 12.8. The quantitative estimate of drug-likeness (QED) is 0.512. The van der Waals surface area contributed by atoms with E-state index >= 15 is 0 Å². The highest BCUT2D eigenvalue weighted by molar-refractivity contribution is 6.30. The molecule has 0 bridgehead atoms. The van der Waals surface area contributed by atoms with Crippen LogP contribution in [0.3, 0.4) is 0 Å². The summed E-state index contributed by atoms with van der Waals surface area (Å²) in [5.41, 5.74) is 2.91. The van der Waals surface area contributed by atoms with E-state index in [4.69, 9.17) is 16.3 Å². The Bertz CT molecular complexity index is 817. The van der Waals surface area contributed by atoms with Gasteiger partial charge in [-0.2, -0.15) is 0 Å². The van der Waals surface area contributed by atoms with Gasteiger partial charge in [0.15, 0.2) is 0 Å². The molecule has 2 aliphatic carbocycles. The van der Waals surface area contributed by atoms with E-state index in [0.29, 0.717) is 11.8 Å². The molecular formula is C25H33ClN2O2. The van der Waals surface area contributed by atoms with Crippen LogP contribution in [-0.2, 0) is 9.53 Å². The number of benzene rings is 1. The fourth-order valence-corrected chi connectivity index (χ4v) is 6.71. The second-order valence-electron chi connectivity index (χ2n) is 10.2. The lowest BCUT2D eigenvalue weighted by atomic mass is 9.55. The van der Waals surface area contributed by atoms with Crippen LogP contribution in [0.25, 0.3) is 0 Å². The summed E-state index contributed by atoms with van der Waals surface area (Å²) in [6, 6.07) is 8.09. The molecule has 5 rings (SSSR count). The summed E-state index contributed by atoms with van der Waals surface area (Å²) in [5.74, 6) is 0.986. The molecule has 30 heavy (non-hydrogen) atoms. The van der Waals surface area contributed by atoms with Crippen LogP contribution in [0.15, 0.2) is 36.4 Å². The summed E-state index contributed by atoms with van der Waals surface area (Å²) < 4.78 is 5.95. The molecule has 2 saturated heterocycles. The topological polar surface area (TPSA) is 32.8 Å². The molecule has 2 heterocycles. The number of halogens is 1. The van der Waals surface area contributed by atoms with E-state index in [1.165, 1.54) is 24.1 Å². The van der Waals surface area contributed by atoms with Crippen molar-refractivity contribution in [2.75, 3.05) is 37.6 Å². The maximum atomic E-state index is 12.8. The third-order valence-electron chi connectivity index (χ3n) is 8.34. The van der Waals surface area contributed by atoms with E-state index in [9.17, 15) is 4.79 Å². The Morgan fingerprint density at radius 2 is 1.93 bits per heavy atom. The monoisotopic (exact) mass is 428 g/mol. The Morgan fingerprint density at radius 1 is 1.20 bits per heavy atom. The molecule has 4 fully saturated rings. The minimum absolute atomic E-state index is 0.0244. The largest absolute Gasteiger partial charge is 0.462 e. The number of carbonyl (C=O) groups is 1. The van der Waals surface area contributed by atoms with Crippen LogP contribution in [0.4, 0.5) is 5.69 Å². The van der Waals surface area contributed by atoms with Gasteiger partial charge in [-0.1, -0.05) is 30.7 Å². The Balaban J connectivity index is 1.22. The second kappa shape index (κ2) is 7.87. The standard InChI is InChI=1S/C25H33ClN2O2/c1-17-4-3-9-25(2)15-23-20(14-22(17)25)21(24(29)30-23)16-27-10-12-28(13-11-27)19-7-5-18(26)6-8-19/h5-8,20-23H,1,3-4,9-16H2,2H3/t20-,21+,22-,23+,25+/m0/s1. The van der Waals surface area contributed by atoms with Crippen LogP contribution < -0.4 is 4.90 Å². The molecule has 2 aliphatic heterocycles. The number of rotatable bonds is 3. The highest BCUT2D eigenvalue weighted by atomic mass is 35.5. The van der Waals surface area contributed by atoms with Crippen LogP contribution in [0.2, 0.25) is 5.02 Å². The first kappa shape index (κ1) is 20.4. The van der Waals surface area contributed by atoms with Crippen molar-refractivity contribution in [3.8, 4) is 0 Å². The van der Waals surface area contributed by atoms with Crippen molar-refractivity contribution >= 4 is 23.3 Å². The van der Waals surface area contributed by atoms with Gasteiger partial charge in [0, 0.05) is 49.4 Å². The zero-order valence-electron chi connectivity index (χ0n) is 18.0. The number of hydrogen-bond acceptors (Lipinski definition) is 4. The highest BCUT2D eigenvalue weighted by Crippen LogP contribution is 2.56. The van der Waals surface area contributed by atoms with Gasteiger partial charge < -0.3 is 9.64 Å². The van der Waals surface area contributed by atoms with Crippen molar-refractivity contribution < 1.29 is 9.53 Å². The molecule has 0 unspecified atom stereocenters. The van der Waals surface area contributed by atoms with Crippen LogP contribution in [-0.4, -0.2) is 49.7 Å². The van der Waals surface area contributed by atoms with Crippen LogP contribution in [0.1, 0.15) is 39.0 Å². The van der Waals surface area contributed by atoms with Gasteiger partial charge in [-0.25, -0.2) is 0 Å². The summed E-state index contributed by atoms with van der Waals surface area (Å²) in [6.45, 7) is 11.6. The van der Waals surface area contributed by atoms with Gasteiger partial charge in [-0.15, -0.1) is 0 Å². The van der Waals surface area contributed by atoms with Gasteiger partial charge in [0.2, 0.25) is 0 Å². The first-order valence-electron chi connectivity index (χ1n) is 11.5. The lowest BCUT2D eigenvalue weighted by Crippen LogP contribution is -2.50. The summed E-state index contributed by atoms with van der Waals surface area (Å²) in [5, 5.41) is 0.774. The third kappa shape index (κ3) is 3.67. The average molecular weight is 429 g/mol. The van der Waals surface area contributed by atoms with Crippen LogP contribution in [0.5, 0.6) is 0 Å². The molecule has 5 heteroatoms.